The Morgan fingerprint density at radius 3 is 2.65 bits per heavy atom. The topological polar surface area (TPSA) is 86.5 Å². The highest BCUT2D eigenvalue weighted by Crippen LogP contribution is 2.16. The van der Waals surface area contributed by atoms with Crippen LogP contribution < -0.4 is 9.47 Å². The second-order valence-corrected chi connectivity index (χ2v) is 4.04. The van der Waals surface area contributed by atoms with Gasteiger partial charge in [0.15, 0.2) is 0 Å². The van der Waals surface area contributed by atoms with Crippen LogP contribution in [0.2, 0.25) is 0 Å². The normalized spacial score (nSPS) is 10.2. The second kappa shape index (κ2) is 6.55. The molecule has 7 nitrogen and oxygen atoms in total. The molecule has 0 radical (unpaired) electrons. The first-order valence-electron chi connectivity index (χ1n) is 6.05. The van der Waals surface area contributed by atoms with Crippen molar-refractivity contribution in [2.24, 2.45) is 0 Å². The zero-order chi connectivity index (χ0) is 14.4. The molecule has 1 aromatic heterocycles. The first kappa shape index (κ1) is 13.9. The lowest BCUT2D eigenvalue weighted by Gasteiger charge is -2.08. The lowest BCUT2D eigenvalue weighted by molar-refractivity contribution is -0.136. The maximum Gasteiger partial charge on any atom is 0.309 e. The van der Waals surface area contributed by atoms with Crippen LogP contribution in [-0.4, -0.2) is 39.8 Å². The molecule has 0 atom stereocenters. The molecule has 0 aliphatic carbocycles. The molecular formula is C13H15N3O4. The summed E-state index contributed by atoms with van der Waals surface area (Å²) in [5, 5.41) is 16.3. The van der Waals surface area contributed by atoms with E-state index in [1.54, 1.807) is 31.4 Å². The first-order chi connectivity index (χ1) is 9.69. The molecule has 0 saturated carbocycles. The van der Waals surface area contributed by atoms with E-state index in [4.69, 9.17) is 14.6 Å². The summed E-state index contributed by atoms with van der Waals surface area (Å²) in [6, 6.07) is 7.22. The number of carboxylic acid groups (broad SMARTS) is 1. The van der Waals surface area contributed by atoms with Crippen molar-refractivity contribution in [2.45, 2.75) is 13.0 Å². The standard InChI is InChI=1S/C13H15N3O4/c1-19-11-2-4-12(5-3-11)20-7-6-16-10(8-13(17)18)9-14-15-16/h2-5,9H,6-8H2,1H3,(H,17,18). The van der Waals surface area contributed by atoms with Gasteiger partial charge in [0.2, 0.25) is 0 Å². The monoisotopic (exact) mass is 277 g/mol. The van der Waals surface area contributed by atoms with Crippen molar-refractivity contribution >= 4 is 5.97 Å². The summed E-state index contributed by atoms with van der Waals surface area (Å²) in [6.07, 6.45) is 1.34. The molecule has 20 heavy (non-hydrogen) atoms. The van der Waals surface area contributed by atoms with Crippen LogP contribution in [0.25, 0.3) is 0 Å². The molecule has 1 N–H and O–H groups in total. The van der Waals surface area contributed by atoms with Gasteiger partial charge in [0.1, 0.15) is 18.1 Å². The van der Waals surface area contributed by atoms with Gasteiger partial charge in [0.25, 0.3) is 0 Å². The molecule has 0 aliphatic heterocycles. The lowest BCUT2D eigenvalue weighted by atomic mass is 10.3. The molecule has 1 heterocycles. The highest BCUT2D eigenvalue weighted by Gasteiger charge is 2.08. The van der Waals surface area contributed by atoms with E-state index in [0.717, 1.165) is 5.75 Å². The van der Waals surface area contributed by atoms with Crippen molar-refractivity contribution in [1.82, 2.24) is 15.0 Å². The second-order valence-electron chi connectivity index (χ2n) is 4.04. The molecule has 0 fully saturated rings. The smallest absolute Gasteiger partial charge is 0.309 e. The maximum absolute atomic E-state index is 10.7. The summed E-state index contributed by atoms with van der Waals surface area (Å²) in [6.45, 7) is 0.816. The van der Waals surface area contributed by atoms with E-state index in [2.05, 4.69) is 10.3 Å². The van der Waals surface area contributed by atoms with Gasteiger partial charge in [-0.25, -0.2) is 4.68 Å². The third-order valence-corrected chi connectivity index (χ3v) is 2.66. The molecule has 7 heteroatoms. The fourth-order valence-electron chi connectivity index (χ4n) is 1.68. The molecule has 2 rings (SSSR count). The zero-order valence-corrected chi connectivity index (χ0v) is 11.0. The summed E-state index contributed by atoms with van der Waals surface area (Å²) in [5.74, 6) is 0.563. The zero-order valence-electron chi connectivity index (χ0n) is 11.0. The number of hydrogen-bond acceptors (Lipinski definition) is 5. The first-order valence-corrected chi connectivity index (χ1v) is 6.05. The Balaban J connectivity index is 1.86. The van der Waals surface area contributed by atoms with Crippen LogP contribution in [0.3, 0.4) is 0 Å². The summed E-state index contributed by atoms with van der Waals surface area (Å²) in [5.41, 5.74) is 0.552. The average molecular weight is 277 g/mol. The van der Waals surface area contributed by atoms with Crippen LogP contribution in [0, 0.1) is 0 Å². The van der Waals surface area contributed by atoms with Crippen LogP contribution in [0.1, 0.15) is 5.69 Å². The van der Waals surface area contributed by atoms with E-state index in [1.807, 2.05) is 0 Å². The van der Waals surface area contributed by atoms with Gasteiger partial charge < -0.3 is 14.6 Å². The van der Waals surface area contributed by atoms with Gasteiger partial charge in [0, 0.05) is 0 Å². The Morgan fingerprint density at radius 2 is 2.00 bits per heavy atom. The molecule has 0 saturated heterocycles. The van der Waals surface area contributed by atoms with Gasteiger partial charge in [-0.15, -0.1) is 5.10 Å². The van der Waals surface area contributed by atoms with Crippen molar-refractivity contribution in [3.63, 3.8) is 0 Å². The predicted octanol–water partition coefficient (Wildman–Crippen LogP) is 0.993. The number of aromatic nitrogens is 3. The van der Waals surface area contributed by atoms with Crippen LogP contribution in [0.5, 0.6) is 11.5 Å². The van der Waals surface area contributed by atoms with E-state index >= 15 is 0 Å². The van der Waals surface area contributed by atoms with Crippen molar-refractivity contribution in [3.8, 4) is 11.5 Å². The van der Waals surface area contributed by atoms with Crippen LogP contribution >= 0.6 is 0 Å². The Bertz CT molecular complexity index is 565. The molecule has 0 amide bonds. The number of ether oxygens (including phenoxy) is 2. The van der Waals surface area contributed by atoms with Crippen LogP contribution in [0.4, 0.5) is 0 Å². The fraction of sp³-hybridized carbons (Fsp3) is 0.308. The highest BCUT2D eigenvalue weighted by atomic mass is 16.5. The third-order valence-electron chi connectivity index (χ3n) is 2.66. The quantitative estimate of drug-likeness (QED) is 0.812. The Labute approximate surface area is 115 Å². The minimum Gasteiger partial charge on any atom is -0.497 e. The maximum atomic E-state index is 10.7. The van der Waals surface area contributed by atoms with Gasteiger partial charge in [-0.2, -0.15) is 0 Å². The number of carbonyl (C=O) groups is 1. The molecule has 2 aromatic rings. The number of rotatable bonds is 7. The van der Waals surface area contributed by atoms with Crippen LogP contribution in [-0.2, 0) is 17.8 Å². The molecule has 1 aromatic carbocycles. The molecule has 0 bridgehead atoms. The van der Waals surface area contributed by atoms with Crippen LogP contribution in [0.15, 0.2) is 30.5 Å². The molecule has 0 spiro atoms. The van der Waals surface area contributed by atoms with Gasteiger partial charge in [-0.1, -0.05) is 5.21 Å². The molecule has 106 valence electrons. The number of aliphatic carboxylic acids is 1. The van der Waals surface area contributed by atoms with Crippen molar-refractivity contribution < 1.29 is 19.4 Å². The predicted molar refractivity (Wildman–Crippen MR) is 69.9 cm³/mol. The van der Waals surface area contributed by atoms with E-state index in [1.165, 1.54) is 10.9 Å². The van der Waals surface area contributed by atoms with E-state index in [0.29, 0.717) is 24.6 Å². The summed E-state index contributed by atoms with van der Waals surface area (Å²) >= 11 is 0. The van der Waals surface area contributed by atoms with Gasteiger partial charge in [-0.05, 0) is 24.3 Å². The number of methoxy groups -OCH3 is 1. The van der Waals surface area contributed by atoms with E-state index in [-0.39, 0.29) is 6.42 Å². The summed E-state index contributed by atoms with van der Waals surface area (Å²) < 4.78 is 12.1. The van der Waals surface area contributed by atoms with Gasteiger partial charge in [0.05, 0.1) is 32.0 Å². The summed E-state index contributed by atoms with van der Waals surface area (Å²) in [4.78, 5) is 10.7. The largest absolute Gasteiger partial charge is 0.497 e. The third kappa shape index (κ3) is 3.71. The summed E-state index contributed by atoms with van der Waals surface area (Å²) in [7, 11) is 1.60. The molecule has 0 aliphatic rings. The lowest BCUT2D eigenvalue weighted by Crippen LogP contribution is -2.14. The molecule has 0 unspecified atom stereocenters. The number of carboxylic acids is 1. The number of hydrogen-bond donors (Lipinski definition) is 1. The minimum atomic E-state index is -0.912. The SMILES string of the molecule is COc1ccc(OCCn2nncc2CC(=O)O)cc1. The van der Waals surface area contributed by atoms with Gasteiger partial charge in [-0.3, -0.25) is 4.79 Å². The fourth-order valence-corrected chi connectivity index (χ4v) is 1.68. The van der Waals surface area contributed by atoms with E-state index in [9.17, 15) is 4.79 Å². The number of nitrogens with zero attached hydrogens (tertiary/aromatic N) is 3. The Hall–Kier alpha value is -2.57. The highest BCUT2D eigenvalue weighted by molar-refractivity contribution is 5.69. The molecular weight excluding hydrogens is 262 g/mol. The van der Waals surface area contributed by atoms with Crippen molar-refractivity contribution in [3.05, 3.63) is 36.2 Å². The average Bonchev–Trinajstić information content (AvgIpc) is 2.86. The van der Waals surface area contributed by atoms with E-state index < -0.39 is 5.97 Å². The number of benzene rings is 1. The Kier molecular flexibility index (Phi) is 4.54. The Morgan fingerprint density at radius 1 is 1.30 bits per heavy atom. The van der Waals surface area contributed by atoms with Crippen molar-refractivity contribution in [1.29, 1.82) is 0 Å². The van der Waals surface area contributed by atoms with Gasteiger partial charge >= 0.3 is 5.97 Å². The minimum absolute atomic E-state index is 0.102. The van der Waals surface area contributed by atoms with Crippen molar-refractivity contribution in [2.75, 3.05) is 13.7 Å².